The van der Waals surface area contributed by atoms with Gasteiger partial charge in [-0.25, -0.2) is 4.39 Å². The molecular weight excluding hydrogens is 299 g/mol. The van der Waals surface area contributed by atoms with Crippen molar-refractivity contribution in [1.29, 1.82) is 0 Å². The Balaban J connectivity index is 1.84. The van der Waals surface area contributed by atoms with E-state index in [2.05, 4.69) is 5.32 Å². The van der Waals surface area contributed by atoms with Crippen LogP contribution in [0.1, 0.15) is 17.3 Å². The van der Waals surface area contributed by atoms with E-state index in [1.54, 1.807) is 23.1 Å². The summed E-state index contributed by atoms with van der Waals surface area (Å²) in [7, 11) is 0. The summed E-state index contributed by atoms with van der Waals surface area (Å²) in [5.41, 5.74) is 1.51. The molecule has 2 aromatic rings. The predicted octanol–water partition coefficient (Wildman–Crippen LogP) is 2.82. The Hall–Kier alpha value is -2.89. The first-order chi connectivity index (χ1) is 11.0. The molecule has 2 aromatic carbocycles. The normalized spacial score (nSPS) is 13.0. The summed E-state index contributed by atoms with van der Waals surface area (Å²) < 4.78 is 18.4. The molecular formula is C17H15FN2O3. The van der Waals surface area contributed by atoms with Crippen molar-refractivity contribution in [2.24, 2.45) is 0 Å². The summed E-state index contributed by atoms with van der Waals surface area (Å²) in [5.74, 6) is -0.233. The number of hydrogen-bond acceptors (Lipinski definition) is 3. The van der Waals surface area contributed by atoms with Crippen molar-refractivity contribution in [2.75, 3.05) is 23.4 Å². The monoisotopic (exact) mass is 314 g/mol. The minimum absolute atomic E-state index is 0.0865. The Morgan fingerprint density at radius 1 is 1.17 bits per heavy atom. The molecule has 0 aromatic heterocycles. The molecule has 3 rings (SSSR count). The molecule has 1 N–H and O–H groups in total. The fourth-order valence-corrected chi connectivity index (χ4v) is 2.43. The quantitative estimate of drug-likeness (QED) is 0.927. The first-order valence-corrected chi connectivity index (χ1v) is 7.16. The molecule has 2 amide bonds. The van der Waals surface area contributed by atoms with E-state index in [0.29, 0.717) is 35.8 Å². The third kappa shape index (κ3) is 3.15. The van der Waals surface area contributed by atoms with Gasteiger partial charge in [0.2, 0.25) is 5.91 Å². The maximum atomic E-state index is 12.9. The highest BCUT2D eigenvalue weighted by atomic mass is 19.1. The zero-order valence-electron chi connectivity index (χ0n) is 12.5. The Bertz CT molecular complexity index is 759. The average molecular weight is 314 g/mol. The molecule has 1 aliphatic heterocycles. The topological polar surface area (TPSA) is 58.6 Å². The minimum Gasteiger partial charge on any atom is -0.490 e. The van der Waals surface area contributed by atoms with Gasteiger partial charge in [0.1, 0.15) is 18.2 Å². The van der Waals surface area contributed by atoms with Gasteiger partial charge in [-0.2, -0.15) is 0 Å². The van der Waals surface area contributed by atoms with Crippen LogP contribution in [-0.2, 0) is 4.79 Å². The number of amides is 2. The predicted molar refractivity (Wildman–Crippen MR) is 84.3 cm³/mol. The Labute approximate surface area is 132 Å². The van der Waals surface area contributed by atoms with Crippen LogP contribution in [0.3, 0.4) is 0 Å². The molecule has 0 aliphatic carbocycles. The number of rotatable bonds is 2. The lowest BCUT2D eigenvalue weighted by Crippen LogP contribution is -2.36. The minimum atomic E-state index is -0.399. The maximum Gasteiger partial charge on any atom is 0.255 e. The van der Waals surface area contributed by atoms with Crippen LogP contribution in [0.5, 0.6) is 5.75 Å². The van der Waals surface area contributed by atoms with Crippen LogP contribution >= 0.6 is 0 Å². The van der Waals surface area contributed by atoms with Gasteiger partial charge in [0.05, 0.1) is 12.2 Å². The summed E-state index contributed by atoms with van der Waals surface area (Å²) in [6, 6.07) is 10.4. The van der Waals surface area contributed by atoms with E-state index in [9.17, 15) is 14.0 Å². The molecule has 1 heterocycles. The first kappa shape index (κ1) is 15.0. The van der Waals surface area contributed by atoms with Crippen molar-refractivity contribution < 1.29 is 18.7 Å². The van der Waals surface area contributed by atoms with Crippen LogP contribution < -0.4 is 15.0 Å². The van der Waals surface area contributed by atoms with Crippen molar-refractivity contribution in [3.63, 3.8) is 0 Å². The van der Waals surface area contributed by atoms with Crippen molar-refractivity contribution in [3.05, 3.63) is 53.8 Å². The van der Waals surface area contributed by atoms with E-state index in [4.69, 9.17) is 4.74 Å². The smallest absolute Gasteiger partial charge is 0.255 e. The molecule has 0 saturated carbocycles. The second-order valence-electron chi connectivity index (χ2n) is 5.16. The molecule has 5 nitrogen and oxygen atoms in total. The SMILES string of the molecule is CC(=O)N1CCOc2ccc(NC(=O)c3ccc(F)cc3)cc21. The molecule has 6 heteroatoms. The van der Waals surface area contributed by atoms with Gasteiger partial charge in [-0.1, -0.05) is 0 Å². The Kier molecular flexibility index (Phi) is 3.97. The highest BCUT2D eigenvalue weighted by Gasteiger charge is 2.21. The van der Waals surface area contributed by atoms with E-state index in [1.807, 2.05) is 0 Å². The van der Waals surface area contributed by atoms with Crippen molar-refractivity contribution >= 4 is 23.2 Å². The second-order valence-corrected chi connectivity index (χ2v) is 5.16. The van der Waals surface area contributed by atoms with Crippen LogP contribution in [0.4, 0.5) is 15.8 Å². The molecule has 23 heavy (non-hydrogen) atoms. The zero-order chi connectivity index (χ0) is 16.4. The first-order valence-electron chi connectivity index (χ1n) is 7.16. The van der Waals surface area contributed by atoms with Gasteiger partial charge in [-0.15, -0.1) is 0 Å². The molecule has 118 valence electrons. The zero-order valence-corrected chi connectivity index (χ0v) is 12.5. The van der Waals surface area contributed by atoms with Gasteiger partial charge in [0.15, 0.2) is 0 Å². The van der Waals surface area contributed by atoms with Crippen LogP contribution in [0.15, 0.2) is 42.5 Å². The molecule has 0 spiro atoms. The van der Waals surface area contributed by atoms with E-state index >= 15 is 0 Å². The van der Waals surface area contributed by atoms with Crippen molar-refractivity contribution in [3.8, 4) is 5.75 Å². The van der Waals surface area contributed by atoms with Crippen LogP contribution in [-0.4, -0.2) is 25.0 Å². The van der Waals surface area contributed by atoms with E-state index in [0.717, 1.165) is 0 Å². The van der Waals surface area contributed by atoms with Crippen LogP contribution in [0, 0.1) is 5.82 Å². The Morgan fingerprint density at radius 3 is 2.61 bits per heavy atom. The molecule has 0 bridgehead atoms. The second kappa shape index (κ2) is 6.08. The number of nitrogens with one attached hydrogen (secondary N) is 1. The van der Waals surface area contributed by atoms with Crippen LogP contribution in [0.25, 0.3) is 0 Å². The number of carbonyl (C=O) groups excluding carboxylic acids is 2. The van der Waals surface area contributed by atoms with Gasteiger partial charge < -0.3 is 15.0 Å². The fourth-order valence-electron chi connectivity index (χ4n) is 2.43. The molecule has 0 saturated heterocycles. The van der Waals surface area contributed by atoms with Gasteiger partial charge in [-0.3, -0.25) is 9.59 Å². The highest BCUT2D eigenvalue weighted by molar-refractivity contribution is 6.05. The van der Waals surface area contributed by atoms with Gasteiger partial charge in [0, 0.05) is 18.2 Å². The number of anilines is 2. The lowest BCUT2D eigenvalue weighted by Gasteiger charge is -2.29. The van der Waals surface area contributed by atoms with Crippen molar-refractivity contribution in [2.45, 2.75) is 6.92 Å². The number of fused-ring (bicyclic) bond motifs is 1. The highest BCUT2D eigenvalue weighted by Crippen LogP contribution is 2.34. The van der Waals surface area contributed by atoms with E-state index < -0.39 is 5.82 Å². The standard InChI is InChI=1S/C17H15FN2O3/c1-11(21)20-8-9-23-16-7-6-14(10-15(16)20)19-17(22)12-2-4-13(18)5-3-12/h2-7,10H,8-9H2,1H3,(H,19,22). The number of carbonyl (C=O) groups is 2. The number of ether oxygens (including phenoxy) is 1. The van der Waals surface area contributed by atoms with Gasteiger partial charge >= 0.3 is 0 Å². The molecule has 0 unspecified atom stereocenters. The number of hydrogen-bond donors (Lipinski definition) is 1. The van der Waals surface area contributed by atoms with Crippen molar-refractivity contribution in [1.82, 2.24) is 0 Å². The Morgan fingerprint density at radius 2 is 1.91 bits per heavy atom. The lowest BCUT2D eigenvalue weighted by atomic mass is 10.2. The summed E-state index contributed by atoms with van der Waals surface area (Å²) in [5, 5.41) is 2.73. The number of nitrogens with zero attached hydrogens (tertiary/aromatic N) is 1. The summed E-state index contributed by atoms with van der Waals surface area (Å²) in [6.45, 7) is 2.39. The fraction of sp³-hybridized carbons (Fsp3) is 0.176. The van der Waals surface area contributed by atoms with Gasteiger partial charge in [-0.05, 0) is 42.5 Å². The number of halogens is 1. The largest absolute Gasteiger partial charge is 0.490 e. The average Bonchev–Trinajstić information content (AvgIpc) is 2.54. The maximum absolute atomic E-state index is 12.9. The van der Waals surface area contributed by atoms with Crippen LogP contribution in [0.2, 0.25) is 0 Å². The molecule has 0 atom stereocenters. The molecule has 0 fully saturated rings. The van der Waals surface area contributed by atoms with Gasteiger partial charge in [0.25, 0.3) is 5.91 Å². The summed E-state index contributed by atoms with van der Waals surface area (Å²) in [6.07, 6.45) is 0. The summed E-state index contributed by atoms with van der Waals surface area (Å²) >= 11 is 0. The third-order valence-corrected chi connectivity index (χ3v) is 3.57. The third-order valence-electron chi connectivity index (χ3n) is 3.57. The lowest BCUT2D eigenvalue weighted by molar-refractivity contribution is -0.116. The van der Waals surface area contributed by atoms with E-state index in [-0.39, 0.29) is 11.8 Å². The summed E-state index contributed by atoms with van der Waals surface area (Å²) in [4.78, 5) is 25.5. The molecule has 0 radical (unpaired) electrons. The number of benzene rings is 2. The molecule has 1 aliphatic rings. The van der Waals surface area contributed by atoms with E-state index in [1.165, 1.54) is 31.2 Å².